The van der Waals surface area contributed by atoms with Crippen LogP contribution in [0.15, 0.2) is 41.7 Å². The van der Waals surface area contributed by atoms with Crippen LogP contribution in [-0.4, -0.2) is 26.8 Å². The van der Waals surface area contributed by atoms with Crippen molar-refractivity contribution in [3.63, 3.8) is 0 Å². The van der Waals surface area contributed by atoms with Crippen molar-refractivity contribution in [2.75, 3.05) is 5.75 Å². The molecular weight excluding hydrogens is 224 g/mol. The Morgan fingerprint density at radius 3 is 2.81 bits per heavy atom. The van der Waals surface area contributed by atoms with E-state index in [0.29, 0.717) is 5.16 Å². The van der Waals surface area contributed by atoms with Gasteiger partial charge in [0.05, 0.1) is 17.6 Å². The number of thioether (sulfide) groups is 1. The molecule has 0 atom stereocenters. The lowest BCUT2D eigenvalue weighted by molar-refractivity contribution is -0.133. The molecule has 0 amide bonds. The number of nitrogens with one attached hydrogen (secondary N) is 1. The van der Waals surface area contributed by atoms with Crippen LogP contribution >= 0.6 is 11.8 Å². The lowest BCUT2D eigenvalue weighted by Crippen LogP contribution is -1.97. The molecule has 82 valence electrons. The van der Waals surface area contributed by atoms with Gasteiger partial charge in [-0.2, -0.15) is 0 Å². The highest BCUT2D eigenvalue weighted by Crippen LogP contribution is 2.20. The molecule has 0 saturated heterocycles. The predicted molar refractivity (Wildman–Crippen MR) is 62.4 cm³/mol. The van der Waals surface area contributed by atoms with Crippen molar-refractivity contribution < 1.29 is 9.90 Å². The molecule has 5 heteroatoms. The highest BCUT2D eigenvalue weighted by Gasteiger charge is 2.05. The number of aliphatic carboxylic acids is 1. The van der Waals surface area contributed by atoms with Gasteiger partial charge in [0, 0.05) is 0 Å². The van der Waals surface area contributed by atoms with Crippen molar-refractivity contribution in [3.05, 3.63) is 36.5 Å². The highest BCUT2D eigenvalue weighted by molar-refractivity contribution is 7.99. The third-order valence-electron chi connectivity index (χ3n) is 1.97. The molecule has 4 nitrogen and oxygen atoms in total. The molecule has 2 aromatic rings. The van der Waals surface area contributed by atoms with E-state index in [1.54, 1.807) is 6.20 Å². The first-order valence-corrected chi connectivity index (χ1v) is 5.69. The molecule has 1 aromatic heterocycles. The van der Waals surface area contributed by atoms with Crippen molar-refractivity contribution in [1.82, 2.24) is 9.97 Å². The van der Waals surface area contributed by atoms with Gasteiger partial charge >= 0.3 is 5.97 Å². The van der Waals surface area contributed by atoms with Crippen molar-refractivity contribution in [2.45, 2.75) is 5.16 Å². The first-order chi connectivity index (χ1) is 7.75. The van der Waals surface area contributed by atoms with E-state index in [0.717, 1.165) is 11.3 Å². The quantitative estimate of drug-likeness (QED) is 0.796. The van der Waals surface area contributed by atoms with Crippen LogP contribution in [0.4, 0.5) is 0 Å². The monoisotopic (exact) mass is 234 g/mol. The smallest absolute Gasteiger partial charge is 0.313 e. The summed E-state index contributed by atoms with van der Waals surface area (Å²) in [5.41, 5.74) is 1.94. The maximum absolute atomic E-state index is 10.4. The van der Waals surface area contributed by atoms with E-state index in [9.17, 15) is 4.79 Å². The van der Waals surface area contributed by atoms with Gasteiger partial charge in [-0.05, 0) is 5.56 Å². The molecule has 0 radical (unpaired) electrons. The van der Waals surface area contributed by atoms with Gasteiger partial charge in [-0.25, -0.2) is 4.98 Å². The van der Waals surface area contributed by atoms with Crippen molar-refractivity contribution in [2.24, 2.45) is 0 Å². The fourth-order valence-electron chi connectivity index (χ4n) is 1.27. The van der Waals surface area contributed by atoms with Gasteiger partial charge in [-0.3, -0.25) is 4.79 Å². The Labute approximate surface area is 96.7 Å². The summed E-state index contributed by atoms with van der Waals surface area (Å²) >= 11 is 1.18. The van der Waals surface area contributed by atoms with Crippen LogP contribution in [0.5, 0.6) is 0 Å². The second kappa shape index (κ2) is 4.85. The fraction of sp³-hybridized carbons (Fsp3) is 0.0909. The lowest BCUT2D eigenvalue weighted by Gasteiger charge is -1.95. The molecule has 0 aliphatic rings. The zero-order chi connectivity index (χ0) is 11.4. The van der Waals surface area contributed by atoms with Crippen molar-refractivity contribution in [1.29, 1.82) is 0 Å². The van der Waals surface area contributed by atoms with Gasteiger partial charge in [0.25, 0.3) is 0 Å². The van der Waals surface area contributed by atoms with Crippen LogP contribution in [0.3, 0.4) is 0 Å². The Morgan fingerprint density at radius 2 is 2.12 bits per heavy atom. The summed E-state index contributed by atoms with van der Waals surface area (Å²) in [6.07, 6.45) is 1.71. The van der Waals surface area contributed by atoms with Gasteiger partial charge in [0.1, 0.15) is 0 Å². The molecule has 1 heterocycles. The molecule has 16 heavy (non-hydrogen) atoms. The number of imidazole rings is 1. The third-order valence-corrected chi connectivity index (χ3v) is 2.84. The van der Waals surface area contributed by atoms with Gasteiger partial charge in [-0.1, -0.05) is 42.1 Å². The molecule has 2 rings (SSSR count). The molecule has 0 spiro atoms. The van der Waals surface area contributed by atoms with Crippen molar-refractivity contribution >= 4 is 17.7 Å². The minimum absolute atomic E-state index is 0.0156. The molecule has 0 bridgehead atoms. The SMILES string of the molecule is O=C(O)CSc1ncc(-c2ccccc2)[nH]1. The van der Waals surface area contributed by atoms with Gasteiger partial charge in [0.2, 0.25) is 0 Å². The molecule has 0 fully saturated rings. The summed E-state index contributed by atoms with van der Waals surface area (Å²) < 4.78 is 0. The van der Waals surface area contributed by atoms with E-state index >= 15 is 0 Å². The molecule has 0 aliphatic carbocycles. The minimum atomic E-state index is -0.845. The van der Waals surface area contributed by atoms with Crippen LogP contribution in [0.25, 0.3) is 11.3 Å². The van der Waals surface area contributed by atoms with Crippen LogP contribution in [0.2, 0.25) is 0 Å². The number of nitrogens with zero attached hydrogens (tertiary/aromatic N) is 1. The normalized spacial score (nSPS) is 10.2. The number of aromatic amines is 1. The minimum Gasteiger partial charge on any atom is -0.481 e. The van der Waals surface area contributed by atoms with E-state index < -0.39 is 5.97 Å². The number of carboxylic acid groups (broad SMARTS) is 1. The van der Waals surface area contributed by atoms with Gasteiger partial charge in [0.15, 0.2) is 5.16 Å². The Kier molecular flexibility index (Phi) is 3.26. The first kappa shape index (κ1) is 10.8. The van der Waals surface area contributed by atoms with Crippen molar-refractivity contribution in [3.8, 4) is 11.3 Å². The summed E-state index contributed by atoms with van der Waals surface area (Å²) in [5.74, 6) is -0.829. The van der Waals surface area contributed by atoms with E-state index in [-0.39, 0.29) is 5.75 Å². The lowest BCUT2D eigenvalue weighted by atomic mass is 10.2. The second-order valence-electron chi connectivity index (χ2n) is 3.15. The van der Waals surface area contributed by atoms with E-state index in [1.807, 2.05) is 30.3 Å². The molecule has 0 aliphatic heterocycles. The predicted octanol–water partition coefficient (Wildman–Crippen LogP) is 2.25. The number of rotatable bonds is 4. The number of hydrogen-bond acceptors (Lipinski definition) is 3. The summed E-state index contributed by atoms with van der Waals surface area (Å²) in [5, 5.41) is 9.16. The molecule has 0 unspecified atom stereocenters. The molecule has 2 N–H and O–H groups in total. The van der Waals surface area contributed by atoms with Gasteiger partial charge in [-0.15, -0.1) is 0 Å². The van der Waals surface area contributed by atoms with E-state index in [4.69, 9.17) is 5.11 Å². The Bertz CT molecular complexity index is 482. The number of carbonyl (C=O) groups is 1. The van der Waals surface area contributed by atoms with Crippen LogP contribution in [0.1, 0.15) is 0 Å². The maximum Gasteiger partial charge on any atom is 0.313 e. The zero-order valence-corrected chi connectivity index (χ0v) is 9.20. The number of H-pyrrole nitrogens is 1. The summed E-state index contributed by atoms with van der Waals surface area (Å²) in [4.78, 5) is 17.6. The Morgan fingerprint density at radius 1 is 1.38 bits per heavy atom. The topological polar surface area (TPSA) is 66.0 Å². The van der Waals surface area contributed by atoms with E-state index in [2.05, 4.69) is 9.97 Å². The first-order valence-electron chi connectivity index (χ1n) is 4.71. The largest absolute Gasteiger partial charge is 0.481 e. The average molecular weight is 234 g/mol. The zero-order valence-electron chi connectivity index (χ0n) is 8.38. The number of carboxylic acids is 1. The maximum atomic E-state index is 10.4. The Balaban J connectivity index is 2.11. The van der Waals surface area contributed by atoms with Crippen LogP contribution in [-0.2, 0) is 4.79 Å². The third kappa shape index (κ3) is 2.64. The van der Waals surface area contributed by atoms with Gasteiger partial charge < -0.3 is 10.1 Å². The second-order valence-corrected chi connectivity index (χ2v) is 4.11. The van der Waals surface area contributed by atoms with Crippen LogP contribution < -0.4 is 0 Å². The number of benzene rings is 1. The standard InChI is InChI=1S/C11H10N2O2S/c14-10(15)7-16-11-12-6-9(13-11)8-4-2-1-3-5-8/h1-6H,7H2,(H,12,13)(H,14,15). The fourth-order valence-corrected chi connectivity index (χ4v) is 1.84. The Hall–Kier alpha value is -1.75. The van der Waals surface area contributed by atoms with Crippen LogP contribution in [0, 0.1) is 0 Å². The molecular formula is C11H10N2O2S. The average Bonchev–Trinajstić information content (AvgIpc) is 2.76. The number of hydrogen-bond donors (Lipinski definition) is 2. The highest BCUT2D eigenvalue weighted by atomic mass is 32.2. The number of aromatic nitrogens is 2. The molecule has 0 saturated carbocycles. The molecule has 1 aromatic carbocycles. The summed E-state index contributed by atoms with van der Waals surface area (Å²) in [6.45, 7) is 0. The summed E-state index contributed by atoms with van der Waals surface area (Å²) in [6, 6.07) is 9.78. The van der Waals surface area contributed by atoms with E-state index in [1.165, 1.54) is 11.8 Å². The summed E-state index contributed by atoms with van der Waals surface area (Å²) in [7, 11) is 0.